The van der Waals surface area contributed by atoms with Crippen LogP contribution < -0.4 is 4.90 Å². The Morgan fingerprint density at radius 3 is 2.16 bits per heavy atom. The van der Waals surface area contributed by atoms with Gasteiger partial charge in [-0.3, -0.25) is 0 Å². The SMILES string of the molecule is Brc1cc(N(c2ccccc2)c2cccc3ccccc23)cc2c1sc1ccccc12. The van der Waals surface area contributed by atoms with Gasteiger partial charge in [-0.15, -0.1) is 11.3 Å². The highest BCUT2D eigenvalue weighted by Gasteiger charge is 2.18. The van der Waals surface area contributed by atoms with Crippen LogP contribution in [0.25, 0.3) is 30.9 Å². The lowest BCUT2D eigenvalue weighted by Gasteiger charge is -2.27. The third-order valence-corrected chi connectivity index (χ3v) is 7.81. The van der Waals surface area contributed by atoms with E-state index in [1.165, 1.54) is 36.6 Å². The molecule has 0 amide bonds. The van der Waals surface area contributed by atoms with Crippen molar-refractivity contribution in [3.63, 3.8) is 0 Å². The average Bonchev–Trinajstić information content (AvgIpc) is 3.20. The zero-order valence-corrected chi connectivity index (χ0v) is 19.0. The normalized spacial score (nSPS) is 11.4. The van der Waals surface area contributed by atoms with Crippen molar-refractivity contribution in [2.45, 2.75) is 0 Å². The highest BCUT2D eigenvalue weighted by molar-refractivity contribution is 9.10. The second-order valence-corrected chi connectivity index (χ2v) is 9.48. The van der Waals surface area contributed by atoms with Gasteiger partial charge in [-0.05, 0) is 57.7 Å². The van der Waals surface area contributed by atoms with Gasteiger partial charge in [0.05, 0.1) is 5.69 Å². The number of hydrogen-bond donors (Lipinski definition) is 0. The molecule has 0 saturated heterocycles. The smallest absolute Gasteiger partial charge is 0.0540 e. The van der Waals surface area contributed by atoms with Gasteiger partial charge >= 0.3 is 0 Å². The minimum atomic E-state index is 1.13. The third kappa shape index (κ3) is 3.13. The van der Waals surface area contributed by atoms with Crippen LogP contribution in [-0.4, -0.2) is 0 Å². The van der Waals surface area contributed by atoms with Gasteiger partial charge in [0.25, 0.3) is 0 Å². The molecule has 1 aromatic heterocycles. The van der Waals surface area contributed by atoms with Gasteiger partial charge in [0.2, 0.25) is 0 Å². The largest absolute Gasteiger partial charge is 0.310 e. The Bertz CT molecular complexity index is 1550. The third-order valence-electron chi connectivity index (χ3n) is 5.70. The van der Waals surface area contributed by atoms with Gasteiger partial charge < -0.3 is 4.90 Å². The summed E-state index contributed by atoms with van der Waals surface area (Å²) in [6, 6.07) is 38.9. The average molecular weight is 480 g/mol. The van der Waals surface area contributed by atoms with E-state index in [1.54, 1.807) is 0 Å². The lowest BCUT2D eigenvalue weighted by atomic mass is 10.1. The van der Waals surface area contributed by atoms with Crippen LogP contribution in [0.2, 0.25) is 0 Å². The van der Waals surface area contributed by atoms with Crippen LogP contribution >= 0.6 is 27.3 Å². The minimum absolute atomic E-state index is 1.13. The zero-order valence-electron chi connectivity index (χ0n) is 16.6. The van der Waals surface area contributed by atoms with Gasteiger partial charge in [-0.25, -0.2) is 0 Å². The van der Waals surface area contributed by atoms with Crippen LogP contribution in [0, 0.1) is 0 Å². The van der Waals surface area contributed by atoms with E-state index in [9.17, 15) is 0 Å². The standard InChI is InChI=1S/C28H18BrNS/c29-25-18-21(17-24-23-14-6-7-16-27(23)31-28(24)25)30(20-11-2-1-3-12-20)26-15-8-10-19-9-4-5-13-22(19)26/h1-18H. The molecule has 1 heterocycles. The molecule has 0 aliphatic carbocycles. The second kappa shape index (κ2) is 7.52. The maximum Gasteiger partial charge on any atom is 0.0540 e. The second-order valence-electron chi connectivity index (χ2n) is 7.57. The van der Waals surface area contributed by atoms with Crippen LogP contribution in [0.1, 0.15) is 0 Å². The summed E-state index contributed by atoms with van der Waals surface area (Å²) in [4.78, 5) is 2.36. The molecule has 6 rings (SSSR count). The first kappa shape index (κ1) is 18.6. The molecule has 0 radical (unpaired) electrons. The highest BCUT2D eigenvalue weighted by atomic mass is 79.9. The minimum Gasteiger partial charge on any atom is -0.310 e. The molecule has 0 aliphatic rings. The van der Waals surface area contributed by atoms with Crippen molar-refractivity contribution in [3.05, 3.63) is 114 Å². The Morgan fingerprint density at radius 1 is 0.581 bits per heavy atom. The lowest BCUT2D eigenvalue weighted by molar-refractivity contribution is 1.30. The summed E-state index contributed by atoms with van der Waals surface area (Å²) in [6.45, 7) is 0. The van der Waals surface area contributed by atoms with Crippen LogP contribution in [-0.2, 0) is 0 Å². The molecule has 148 valence electrons. The van der Waals surface area contributed by atoms with E-state index < -0.39 is 0 Å². The molecule has 3 heteroatoms. The van der Waals surface area contributed by atoms with Gasteiger partial charge in [0, 0.05) is 41.4 Å². The number of rotatable bonds is 3. The fourth-order valence-electron chi connectivity index (χ4n) is 4.31. The van der Waals surface area contributed by atoms with Crippen LogP contribution in [0.4, 0.5) is 17.1 Å². The summed E-state index contributed by atoms with van der Waals surface area (Å²) in [5, 5.41) is 5.06. The number of para-hydroxylation sites is 1. The molecule has 0 atom stereocenters. The topological polar surface area (TPSA) is 3.24 Å². The number of benzene rings is 5. The van der Waals surface area contributed by atoms with E-state index in [4.69, 9.17) is 0 Å². The number of thiophene rings is 1. The summed E-state index contributed by atoms with van der Waals surface area (Å²) in [5.41, 5.74) is 3.46. The Kier molecular flexibility index (Phi) is 4.52. The first-order valence-electron chi connectivity index (χ1n) is 10.2. The number of fused-ring (bicyclic) bond motifs is 4. The van der Waals surface area contributed by atoms with Crippen molar-refractivity contribution in [2.75, 3.05) is 4.90 Å². The molecular weight excluding hydrogens is 462 g/mol. The van der Waals surface area contributed by atoms with Crippen molar-refractivity contribution in [1.82, 2.24) is 0 Å². The van der Waals surface area contributed by atoms with E-state index in [0.29, 0.717) is 0 Å². The van der Waals surface area contributed by atoms with E-state index in [-0.39, 0.29) is 0 Å². The molecule has 0 N–H and O–H groups in total. The maximum absolute atomic E-state index is 3.87. The molecule has 5 aromatic carbocycles. The Hall–Kier alpha value is -3.14. The molecule has 6 aromatic rings. The lowest BCUT2D eigenvalue weighted by Crippen LogP contribution is -2.10. The molecule has 31 heavy (non-hydrogen) atoms. The summed E-state index contributed by atoms with van der Waals surface area (Å²) in [6.07, 6.45) is 0. The summed E-state index contributed by atoms with van der Waals surface area (Å²) < 4.78 is 3.73. The fraction of sp³-hybridized carbons (Fsp3) is 0. The van der Waals surface area contributed by atoms with Crippen LogP contribution in [0.15, 0.2) is 114 Å². The quantitative estimate of drug-likeness (QED) is 0.244. The summed E-state index contributed by atoms with van der Waals surface area (Å²) in [7, 11) is 0. The van der Waals surface area contributed by atoms with Crippen LogP contribution in [0.5, 0.6) is 0 Å². The number of nitrogens with zero attached hydrogens (tertiary/aromatic N) is 1. The van der Waals surface area contributed by atoms with Gasteiger partial charge in [0.1, 0.15) is 0 Å². The van der Waals surface area contributed by atoms with Crippen molar-refractivity contribution in [3.8, 4) is 0 Å². The maximum atomic E-state index is 3.87. The molecule has 0 bridgehead atoms. The van der Waals surface area contributed by atoms with Crippen molar-refractivity contribution >= 4 is 75.3 Å². The molecule has 0 spiro atoms. The highest BCUT2D eigenvalue weighted by Crippen LogP contribution is 2.45. The monoisotopic (exact) mass is 479 g/mol. The number of anilines is 3. The van der Waals surface area contributed by atoms with Gasteiger partial charge in [-0.1, -0.05) is 72.8 Å². The van der Waals surface area contributed by atoms with E-state index in [0.717, 1.165) is 15.8 Å². The van der Waals surface area contributed by atoms with Crippen molar-refractivity contribution in [1.29, 1.82) is 0 Å². The molecule has 0 unspecified atom stereocenters. The molecular formula is C28H18BrNS. The van der Waals surface area contributed by atoms with E-state index >= 15 is 0 Å². The zero-order chi connectivity index (χ0) is 20.8. The van der Waals surface area contributed by atoms with Crippen molar-refractivity contribution in [2.24, 2.45) is 0 Å². The Morgan fingerprint density at radius 2 is 1.29 bits per heavy atom. The number of hydrogen-bond acceptors (Lipinski definition) is 2. The predicted octanol–water partition coefficient (Wildman–Crippen LogP) is 9.44. The molecule has 0 aliphatic heterocycles. The number of halogens is 1. The first-order valence-corrected chi connectivity index (χ1v) is 11.8. The fourth-order valence-corrected chi connectivity index (χ4v) is 6.09. The predicted molar refractivity (Wildman–Crippen MR) is 139 cm³/mol. The Labute approximate surface area is 193 Å². The first-order chi connectivity index (χ1) is 15.3. The molecule has 1 nitrogen and oxygen atoms in total. The van der Waals surface area contributed by atoms with Gasteiger partial charge in [-0.2, -0.15) is 0 Å². The van der Waals surface area contributed by atoms with Crippen LogP contribution in [0.3, 0.4) is 0 Å². The molecule has 0 fully saturated rings. The summed E-state index contributed by atoms with van der Waals surface area (Å²) in [5.74, 6) is 0. The summed E-state index contributed by atoms with van der Waals surface area (Å²) >= 11 is 5.71. The van der Waals surface area contributed by atoms with E-state index in [2.05, 4.69) is 130 Å². The van der Waals surface area contributed by atoms with Gasteiger partial charge in [0.15, 0.2) is 0 Å². The van der Waals surface area contributed by atoms with E-state index in [1.807, 2.05) is 11.3 Å². The van der Waals surface area contributed by atoms with Crippen molar-refractivity contribution < 1.29 is 0 Å². The molecule has 0 saturated carbocycles. The Balaban J connectivity index is 1.67.